The smallest absolute Gasteiger partial charge is 0.173 e. The number of hydrogen-bond donors (Lipinski definition) is 2. The van der Waals surface area contributed by atoms with E-state index in [-0.39, 0.29) is 5.75 Å². The van der Waals surface area contributed by atoms with Crippen molar-refractivity contribution in [1.82, 2.24) is 14.6 Å². The minimum Gasteiger partial charge on any atom is -0.507 e. The monoisotopic (exact) mass is 226 g/mol. The lowest BCUT2D eigenvalue weighted by Gasteiger charge is -2.04. The minimum absolute atomic E-state index is 0.157. The zero-order valence-corrected chi connectivity index (χ0v) is 8.91. The normalized spacial score (nSPS) is 10.8. The number of aromatic hydroxyl groups is 1. The van der Waals surface area contributed by atoms with Crippen LogP contribution in [0.5, 0.6) is 5.75 Å². The van der Waals surface area contributed by atoms with Gasteiger partial charge in [-0.25, -0.2) is 0 Å². The predicted octanol–water partition coefficient (Wildman–Crippen LogP) is 1.68. The Bertz CT molecular complexity index is 690. The molecule has 3 aromatic rings. The lowest BCUT2D eigenvalue weighted by molar-refractivity contribution is 0.477. The summed E-state index contributed by atoms with van der Waals surface area (Å²) in [5.74, 6) is 1.23. The fraction of sp³-hybridized carbons (Fsp3) is 0. The van der Waals surface area contributed by atoms with Gasteiger partial charge >= 0.3 is 0 Å². The summed E-state index contributed by atoms with van der Waals surface area (Å²) in [4.78, 5) is 0. The number of para-hydroxylation sites is 1. The molecule has 5 heteroatoms. The average molecular weight is 226 g/mol. The van der Waals surface area contributed by atoms with E-state index in [0.29, 0.717) is 22.9 Å². The zero-order valence-electron chi connectivity index (χ0n) is 8.91. The predicted molar refractivity (Wildman–Crippen MR) is 64.5 cm³/mol. The molecule has 0 atom stereocenters. The van der Waals surface area contributed by atoms with E-state index >= 15 is 0 Å². The Balaban J connectivity index is 2.36. The molecule has 0 amide bonds. The Morgan fingerprint density at radius 2 is 1.82 bits per heavy atom. The van der Waals surface area contributed by atoms with Crippen molar-refractivity contribution in [1.29, 1.82) is 0 Å². The SMILES string of the molecule is Nc1cccc2nnc(-c3ccccc3O)n12. The molecule has 3 N–H and O–H groups in total. The number of nitrogens with two attached hydrogens (primary N) is 1. The van der Waals surface area contributed by atoms with E-state index in [0.717, 1.165) is 0 Å². The van der Waals surface area contributed by atoms with Crippen LogP contribution in [0.4, 0.5) is 5.82 Å². The van der Waals surface area contributed by atoms with Crippen LogP contribution in [0.2, 0.25) is 0 Å². The highest BCUT2D eigenvalue weighted by Crippen LogP contribution is 2.28. The van der Waals surface area contributed by atoms with Crippen LogP contribution < -0.4 is 5.73 Å². The highest BCUT2D eigenvalue weighted by atomic mass is 16.3. The standard InChI is InChI=1S/C12H10N4O/c13-10-6-3-7-11-14-15-12(16(10)11)8-4-1-2-5-9(8)17/h1-7,17H,13H2. The molecular formula is C12H10N4O. The second kappa shape index (κ2) is 3.48. The lowest BCUT2D eigenvalue weighted by atomic mass is 10.2. The molecule has 0 aliphatic rings. The first-order valence-corrected chi connectivity index (χ1v) is 5.15. The van der Waals surface area contributed by atoms with Gasteiger partial charge in [0.05, 0.1) is 5.56 Å². The number of phenolic OH excluding ortho intramolecular Hbond substituents is 1. The molecular weight excluding hydrogens is 216 g/mol. The van der Waals surface area contributed by atoms with Gasteiger partial charge in [-0.2, -0.15) is 0 Å². The van der Waals surface area contributed by atoms with Crippen molar-refractivity contribution in [2.24, 2.45) is 0 Å². The number of aromatic nitrogens is 3. The van der Waals surface area contributed by atoms with Gasteiger partial charge in [0.2, 0.25) is 0 Å². The summed E-state index contributed by atoms with van der Waals surface area (Å²) in [6, 6.07) is 12.4. The van der Waals surface area contributed by atoms with Crippen molar-refractivity contribution in [2.75, 3.05) is 5.73 Å². The summed E-state index contributed by atoms with van der Waals surface area (Å²) in [6.07, 6.45) is 0. The molecule has 0 saturated heterocycles. The third kappa shape index (κ3) is 1.40. The van der Waals surface area contributed by atoms with Crippen LogP contribution in [-0.4, -0.2) is 19.7 Å². The molecule has 0 spiro atoms. The van der Waals surface area contributed by atoms with Crippen molar-refractivity contribution in [3.63, 3.8) is 0 Å². The van der Waals surface area contributed by atoms with E-state index in [4.69, 9.17) is 5.73 Å². The maximum atomic E-state index is 9.81. The molecule has 0 unspecified atom stereocenters. The second-order valence-corrected chi connectivity index (χ2v) is 3.69. The van der Waals surface area contributed by atoms with Gasteiger partial charge in [-0.1, -0.05) is 18.2 Å². The summed E-state index contributed by atoms with van der Waals surface area (Å²) in [5, 5.41) is 17.9. The van der Waals surface area contributed by atoms with Gasteiger partial charge in [-0.15, -0.1) is 10.2 Å². The van der Waals surface area contributed by atoms with E-state index in [9.17, 15) is 5.11 Å². The van der Waals surface area contributed by atoms with Gasteiger partial charge in [0, 0.05) is 0 Å². The van der Waals surface area contributed by atoms with Crippen LogP contribution in [-0.2, 0) is 0 Å². The molecule has 0 aliphatic carbocycles. The quantitative estimate of drug-likeness (QED) is 0.662. The van der Waals surface area contributed by atoms with Crippen LogP contribution in [0.25, 0.3) is 17.0 Å². The lowest BCUT2D eigenvalue weighted by Crippen LogP contribution is -1.98. The van der Waals surface area contributed by atoms with E-state index in [2.05, 4.69) is 10.2 Å². The molecule has 0 radical (unpaired) electrons. The van der Waals surface area contributed by atoms with Crippen LogP contribution in [0, 0.1) is 0 Å². The van der Waals surface area contributed by atoms with Crippen molar-refractivity contribution in [3.05, 3.63) is 42.5 Å². The van der Waals surface area contributed by atoms with Gasteiger partial charge in [-0.05, 0) is 24.3 Å². The minimum atomic E-state index is 0.157. The summed E-state index contributed by atoms with van der Waals surface area (Å²) in [5.41, 5.74) is 7.16. The number of nitrogens with zero attached hydrogens (tertiary/aromatic N) is 3. The second-order valence-electron chi connectivity index (χ2n) is 3.69. The molecule has 5 nitrogen and oxygen atoms in total. The number of benzene rings is 1. The zero-order chi connectivity index (χ0) is 11.8. The molecule has 0 fully saturated rings. The van der Waals surface area contributed by atoms with Crippen LogP contribution in [0.3, 0.4) is 0 Å². The Labute approximate surface area is 97.1 Å². The Hall–Kier alpha value is -2.56. The number of hydrogen-bond acceptors (Lipinski definition) is 4. The Kier molecular flexibility index (Phi) is 1.98. The molecule has 0 aliphatic heterocycles. The highest BCUT2D eigenvalue weighted by Gasteiger charge is 2.12. The summed E-state index contributed by atoms with van der Waals surface area (Å²) < 4.78 is 1.70. The Morgan fingerprint density at radius 3 is 2.65 bits per heavy atom. The molecule has 1 aromatic carbocycles. The number of anilines is 1. The van der Waals surface area contributed by atoms with Crippen molar-refractivity contribution in [2.45, 2.75) is 0 Å². The van der Waals surface area contributed by atoms with Crippen LogP contribution >= 0.6 is 0 Å². The molecule has 0 saturated carbocycles. The van der Waals surface area contributed by atoms with Crippen molar-refractivity contribution in [3.8, 4) is 17.1 Å². The molecule has 3 rings (SSSR count). The fourth-order valence-electron chi connectivity index (χ4n) is 1.80. The average Bonchev–Trinajstić information content (AvgIpc) is 2.75. The summed E-state index contributed by atoms with van der Waals surface area (Å²) in [7, 11) is 0. The topological polar surface area (TPSA) is 76.4 Å². The summed E-state index contributed by atoms with van der Waals surface area (Å²) >= 11 is 0. The molecule has 2 heterocycles. The number of rotatable bonds is 1. The third-order valence-corrected chi connectivity index (χ3v) is 2.60. The van der Waals surface area contributed by atoms with E-state index in [1.807, 2.05) is 18.2 Å². The first kappa shape index (κ1) is 9.65. The molecule has 0 bridgehead atoms. The molecule has 84 valence electrons. The van der Waals surface area contributed by atoms with E-state index in [1.165, 1.54) is 0 Å². The fourth-order valence-corrected chi connectivity index (χ4v) is 1.80. The molecule has 2 aromatic heterocycles. The first-order valence-electron chi connectivity index (χ1n) is 5.15. The van der Waals surface area contributed by atoms with Crippen molar-refractivity contribution >= 4 is 11.5 Å². The van der Waals surface area contributed by atoms with E-state index in [1.54, 1.807) is 28.7 Å². The van der Waals surface area contributed by atoms with Gasteiger partial charge in [0.1, 0.15) is 11.6 Å². The maximum Gasteiger partial charge on any atom is 0.173 e. The van der Waals surface area contributed by atoms with Gasteiger partial charge < -0.3 is 10.8 Å². The molecule has 17 heavy (non-hydrogen) atoms. The van der Waals surface area contributed by atoms with E-state index < -0.39 is 0 Å². The number of nitrogen functional groups attached to an aromatic ring is 1. The van der Waals surface area contributed by atoms with Gasteiger partial charge in [-0.3, -0.25) is 4.40 Å². The van der Waals surface area contributed by atoms with Gasteiger partial charge in [0.25, 0.3) is 0 Å². The highest BCUT2D eigenvalue weighted by molar-refractivity contribution is 5.68. The van der Waals surface area contributed by atoms with Gasteiger partial charge in [0.15, 0.2) is 11.5 Å². The number of fused-ring (bicyclic) bond motifs is 1. The van der Waals surface area contributed by atoms with Crippen molar-refractivity contribution < 1.29 is 5.11 Å². The van der Waals surface area contributed by atoms with Crippen LogP contribution in [0.1, 0.15) is 0 Å². The maximum absolute atomic E-state index is 9.81. The third-order valence-electron chi connectivity index (χ3n) is 2.60. The van der Waals surface area contributed by atoms with Crippen LogP contribution in [0.15, 0.2) is 42.5 Å². The Morgan fingerprint density at radius 1 is 1.00 bits per heavy atom. The first-order chi connectivity index (χ1) is 8.27. The number of pyridine rings is 1. The largest absolute Gasteiger partial charge is 0.507 e. The summed E-state index contributed by atoms with van der Waals surface area (Å²) in [6.45, 7) is 0. The number of phenols is 1.